The van der Waals surface area contributed by atoms with Crippen LogP contribution in [0.2, 0.25) is 0 Å². The van der Waals surface area contributed by atoms with Gasteiger partial charge in [-0.2, -0.15) is 5.10 Å². The fourth-order valence-corrected chi connectivity index (χ4v) is 3.19. The predicted octanol–water partition coefficient (Wildman–Crippen LogP) is -0.256. The van der Waals surface area contributed by atoms with Gasteiger partial charge in [0, 0.05) is 44.5 Å². The Labute approximate surface area is 130 Å². The molecule has 7 nitrogen and oxygen atoms in total. The normalized spacial score (nSPS) is 22.6. The van der Waals surface area contributed by atoms with Crippen molar-refractivity contribution < 1.29 is 9.59 Å². The van der Waals surface area contributed by atoms with Crippen LogP contribution < -0.4 is 5.32 Å². The summed E-state index contributed by atoms with van der Waals surface area (Å²) in [6.07, 6.45) is 3.15. The van der Waals surface area contributed by atoms with Gasteiger partial charge in [-0.3, -0.25) is 19.2 Å². The third-order valence-electron chi connectivity index (χ3n) is 4.40. The molecular weight excluding hydrogens is 282 g/mol. The lowest BCUT2D eigenvalue weighted by Crippen LogP contribution is -2.65. The zero-order valence-corrected chi connectivity index (χ0v) is 13.2. The van der Waals surface area contributed by atoms with E-state index in [1.165, 1.54) is 5.56 Å². The average molecular weight is 305 g/mol. The minimum absolute atomic E-state index is 0.0243. The van der Waals surface area contributed by atoms with Crippen molar-refractivity contribution in [1.82, 2.24) is 24.9 Å². The minimum Gasteiger partial charge on any atom is -0.345 e. The molecule has 2 aliphatic rings. The molecule has 0 bridgehead atoms. The third kappa shape index (κ3) is 2.85. The van der Waals surface area contributed by atoms with Gasteiger partial charge in [-0.25, -0.2) is 0 Å². The molecule has 7 heteroatoms. The number of fused-ring (bicyclic) bond motifs is 1. The Hall–Kier alpha value is -1.89. The molecule has 0 aromatic carbocycles. The van der Waals surface area contributed by atoms with Crippen LogP contribution in [0.15, 0.2) is 6.20 Å². The van der Waals surface area contributed by atoms with Gasteiger partial charge in [0.1, 0.15) is 6.04 Å². The highest BCUT2D eigenvalue weighted by molar-refractivity contribution is 5.95. The molecule has 2 saturated heterocycles. The van der Waals surface area contributed by atoms with E-state index in [1.54, 1.807) is 4.90 Å². The number of aryl methyl sites for hydroxylation is 2. The van der Waals surface area contributed by atoms with Gasteiger partial charge in [-0.15, -0.1) is 0 Å². The van der Waals surface area contributed by atoms with Gasteiger partial charge in [0.15, 0.2) is 0 Å². The Bertz CT molecular complexity index is 582. The van der Waals surface area contributed by atoms with Crippen molar-refractivity contribution in [2.75, 3.05) is 26.2 Å². The predicted molar refractivity (Wildman–Crippen MR) is 81.0 cm³/mol. The van der Waals surface area contributed by atoms with Crippen LogP contribution in [-0.2, 0) is 22.7 Å². The van der Waals surface area contributed by atoms with Gasteiger partial charge in [0.05, 0.1) is 12.2 Å². The SMILES string of the molecule is CCCn1cc(CN2CCN3C(=O)CNC(=O)C3C2)c(C)n1. The van der Waals surface area contributed by atoms with Gasteiger partial charge in [0.25, 0.3) is 0 Å². The van der Waals surface area contributed by atoms with Crippen LogP contribution in [0.5, 0.6) is 0 Å². The molecule has 120 valence electrons. The summed E-state index contributed by atoms with van der Waals surface area (Å²) in [5.41, 5.74) is 2.24. The molecule has 3 heterocycles. The van der Waals surface area contributed by atoms with Crippen LogP contribution in [0.4, 0.5) is 0 Å². The lowest BCUT2D eigenvalue weighted by molar-refractivity contribution is -0.149. The zero-order valence-electron chi connectivity index (χ0n) is 13.2. The average Bonchev–Trinajstić information content (AvgIpc) is 2.83. The largest absolute Gasteiger partial charge is 0.345 e. The van der Waals surface area contributed by atoms with Crippen molar-refractivity contribution in [3.63, 3.8) is 0 Å². The van der Waals surface area contributed by atoms with E-state index in [-0.39, 0.29) is 24.4 Å². The molecule has 1 unspecified atom stereocenters. The molecule has 1 N–H and O–H groups in total. The number of amides is 2. The fraction of sp³-hybridized carbons (Fsp3) is 0.667. The summed E-state index contributed by atoms with van der Waals surface area (Å²) in [5, 5.41) is 7.19. The van der Waals surface area contributed by atoms with Gasteiger partial charge in [-0.05, 0) is 13.3 Å². The van der Waals surface area contributed by atoms with E-state index in [0.717, 1.165) is 31.7 Å². The lowest BCUT2D eigenvalue weighted by Gasteiger charge is -2.42. The maximum Gasteiger partial charge on any atom is 0.244 e. The van der Waals surface area contributed by atoms with Crippen molar-refractivity contribution in [3.05, 3.63) is 17.5 Å². The molecule has 3 rings (SSSR count). The number of hydrogen-bond donors (Lipinski definition) is 1. The Kier molecular flexibility index (Phi) is 4.15. The second kappa shape index (κ2) is 6.08. The Morgan fingerprint density at radius 2 is 2.18 bits per heavy atom. The second-order valence-electron chi connectivity index (χ2n) is 6.06. The van der Waals surface area contributed by atoms with Crippen LogP contribution in [0.1, 0.15) is 24.6 Å². The standard InChI is InChI=1S/C15H23N5O2/c1-3-4-19-9-12(11(2)17-19)8-18-5-6-20-13(10-18)15(22)16-7-14(20)21/h9,13H,3-8,10H2,1-2H3,(H,16,22). The summed E-state index contributed by atoms with van der Waals surface area (Å²) in [4.78, 5) is 27.8. The number of carbonyl (C=O) groups excluding carboxylic acids is 2. The Morgan fingerprint density at radius 3 is 2.95 bits per heavy atom. The fourth-order valence-electron chi connectivity index (χ4n) is 3.19. The first-order chi connectivity index (χ1) is 10.6. The third-order valence-corrected chi connectivity index (χ3v) is 4.40. The maximum absolute atomic E-state index is 12.0. The van der Waals surface area contributed by atoms with E-state index in [4.69, 9.17) is 0 Å². The molecule has 1 aromatic heterocycles. The van der Waals surface area contributed by atoms with Crippen molar-refractivity contribution in [2.45, 2.75) is 39.4 Å². The molecular formula is C15H23N5O2. The summed E-state index contributed by atoms with van der Waals surface area (Å²) >= 11 is 0. The minimum atomic E-state index is -0.346. The molecule has 0 aliphatic carbocycles. The van der Waals surface area contributed by atoms with Crippen molar-refractivity contribution in [1.29, 1.82) is 0 Å². The van der Waals surface area contributed by atoms with E-state index >= 15 is 0 Å². The van der Waals surface area contributed by atoms with Gasteiger partial charge in [0.2, 0.25) is 11.8 Å². The molecule has 0 radical (unpaired) electrons. The van der Waals surface area contributed by atoms with Gasteiger partial charge in [-0.1, -0.05) is 6.92 Å². The van der Waals surface area contributed by atoms with Gasteiger partial charge < -0.3 is 10.2 Å². The molecule has 0 saturated carbocycles. The number of aromatic nitrogens is 2. The number of nitrogens with one attached hydrogen (secondary N) is 1. The first-order valence-electron chi connectivity index (χ1n) is 7.91. The van der Waals surface area contributed by atoms with E-state index in [9.17, 15) is 9.59 Å². The van der Waals surface area contributed by atoms with Crippen molar-refractivity contribution >= 4 is 11.8 Å². The summed E-state index contributed by atoms with van der Waals surface area (Å²) < 4.78 is 1.98. The van der Waals surface area contributed by atoms with Crippen molar-refractivity contribution in [2.24, 2.45) is 0 Å². The molecule has 2 amide bonds. The summed E-state index contributed by atoms with van der Waals surface area (Å²) in [7, 11) is 0. The Balaban J connectivity index is 1.67. The highest BCUT2D eigenvalue weighted by atomic mass is 16.2. The summed E-state index contributed by atoms with van der Waals surface area (Å²) in [6.45, 7) is 8.01. The highest BCUT2D eigenvalue weighted by Crippen LogP contribution is 2.17. The smallest absolute Gasteiger partial charge is 0.244 e. The summed E-state index contributed by atoms with van der Waals surface area (Å²) in [6, 6.07) is -0.346. The van der Waals surface area contributed by atoms with Gasteiger partial charge >= 0.3 is 0 Å². The summed E-state index contributed by atoms with van der Waals surface area (Å²) in [5.74, 6) is -0.0149. The first-order valence-corrected chi connectivity index (χ1v) is 7.91. The second-order valence-corrected chi connectivity index (χ2v) is 6.06. The lowest BCUT2D eigenvalue weighted by atomic mass is 10.1. The first kappa shape index (κ1) is 15.0. The number of piperazine rings is 2. The quantitative estimate of drug-likeness (QED) is 0.832. The van der Waals surface area contributed by atoms with Crippen LogP contribution in [0.25, 0.3) is 0 Å². The monoisotopic (exact) mass is 305 g/mol. The number of nitrogens with zero attached hydrogens (tertiary/aromatic N) is 4. The number of rotatable bonds is 4. The van der Waals surface area contributed by atoms with Crippen LogP contribution >= 0.6 is 0 Å². The molecule has 0 spiro atoms. The van der Waals surface area contributed by atoms with E-state index in [1.807, 2.05) is 11.6 Å². The number of hydrogen-bond acceptors (Lipinski definition) is 4. The molecule has 22 heavy (non-hydrogen) atoms. The topological polar surface area (TPSA) is 70.5 Å². The highest BCUT2D eigenvalue weighted by Gasteiger charge is 2.38. The maximum atomic E-state index is 12.0. The van der Waals surface area contributed by atoms with E-state index < -0.39 is 0 Å². The van der Waals surface area contributed by atoms with Crippen LogP contribution in [-0.4, -0.2) is 63.6 Å². The number of carbonyl (C=O) groups is 2. The molecule has 2 fully saturated rings. The van der Waals surface area contributed by atoms with E-state index in [2.05, 4.69) is 28.4 Å². The van der Waals surface area contributed by atoms with Crippen LogP contribution in [0, 0.1) is 6.92 Å². The van der Waals surface area contributed by atoms with E-state index in [0.29, 0.717) is 13.1 Å². The van der Waals surface area contributed by atoms with Crippen molar-refractivity contribution in [3.8, 4) is 0 Å². The zero-order chi connectivity index (χ0) is 15.7. The van der Waals surface area contributed by atoms with Crippen LogP contribution in [0.3, 0.4) is 0 Å². The Morgan fingerprint density at radius 1 is 1.36 bits per heavy atom. The molecule has 1 atom stereocenters. The molecule has 1 aromatic rings. The molecule has 2 aliphatic heterocycles.